The van der Waals surface area contributed by atoms with Gasteiger partial charge in [0.1, 0.15) is 0 Å². The lowest BCUT2D eigenvalue weighted by molar-refractivity contribution is 0.345. The average Bonchev–Trinajstić information content (AvgIpc) is 2.17. The molecule has 3 heteroatoms. The zero-order valence-corrected chi connectivity index (χ0v) is 8.79. The van der Waals surface area contributed by atoms with Crippen molar-refractivity contribution in [3.05, 3.63) is 11.9 Å². The third kappa shape index (κ3) is 4.55. The molecule has 13 heavy (non-hydrogen) atoms. The maximum atomic E-state index is 5.47. The Kier molecular flexibility index (Phi) is 7.07. The number of nitrogens with two attached hydrogens (primary N) is 1. The lowest BCUT2D eigenvalue weighted by Crippen LogP contribution is -2.18. The van der Waals surface area contributed by atoms with Crippen LogP contribution in [-0.2, 0) is 0 Å². The molecule has 0 heterocycles. The summed E-state index contributed by atoms with van der Waals surface area (Å²) >= 11 is 0. The number of unbranched alkanes of at least 4 members (excludes halogenated alkanes) is 2. The van der Waals surface area contributed by atoms with E-state index in [1.807, 2.05) is 5.01 Å². The topological polar surface area (TPSA) is 41.6 Å². The summed E-state index contributed by atoms with van der Waals surface area (Å²) in [6, 6.07) is 0. The summed E-state index contributed by atoms with van der Waals surface area (Å²) in [4.78, 5) is 0. The van der Waals surface area contributed by atoms with Gasteiger partial charge >= 0.3 is 0 Å². The number of hydrogen-bond acceptors (Lipinski definition) is 3. The van der Waals surface area contributed by atoms with Crippen molar-refractivity contribution in [1.29, 1.82) is 0 Å². The molecule has 2 N–H and O–H groups in total. The first-order valence-electron chi connectivity index (χ1n) is 4.95. The highest BCUT2D eigenvalue weighted by Gasteiger charge is 2.03. The van der Waals surface area contributed by atoms with Crippen LogP contribution in [0.25, 0.3) is 0 Å². The van der Waals surface area contributed by atoms with Gasteiger partial charge in [0.25, 0.3) is 0 Å². The zero-order chi connectivity index (χ0) is 10.1. The highest BCUT2D eigenvalue weighted by molar-refractivity contribution is 5.23. The van der Waals surface area contributed by atoms with E-state index in [9.17, 15) is 0 Å². The second-order valence-corrected chi connectivity index (χ2v) is 2.98. The monoisotopic (exact) mass is 183 g/mol. The Morgan fingerprint density at radius 3 is 2.54 bits per heavy atom. The molecule has 0 aliphatic heterocycles. The molecule has 0 atom stereocenters. The van der Waals surface area contributed by atoms with E-state index >= 15 is 0 Å². The van der Waals surface area contributed by atoms with Crippen LogP contribution in [0.5, 0.6) is 0 Å². The van der Waals surface area contributed by atoms with Gasteiger partial charge in [0.05, 0.1) is 5.70 Å². The van der Waals surface area contributed by atoms with Crippen LogP contribution < -0.4 is 5.73 Å². The molecular formula is C10H21N3. The van der Waals surface area contributed by atoms with Crippen molar-refractivity contribution in [2.75, 3.05) is 6.54 Å². The molecule has 0 radical (unpaired) electrons. The summed E-state index contributed by atoms with van der Waals surface area (Å²) in [5.41, 5.74) is 6.52. The van der Waals surface area contributed by atoms with E-state index < -0.39 is 0 Å². The smallest absolute Gasteiger partial charge is 0.0519 e. The van der Waals surface area contributed by atoms with Crippen molar-refractivity contribution in [3.8, 4) is 0 Å². The second kappa shape index (κ2) is 7.65. The molecule has 0 bridgehead atoms. The highest BCUT2D eigenvalue weighted by atomic mass is 15.4. The van der Waals surface area contributed by atoms with Crippen LogP contribution in [0.1, 0.15) is 39.5 Å². The Bertz CT molecular complexity index is 164. The van der Waals surface area contributed by atoms with Gasteiger partial charge < -0.3 is 5.73 Å². The highest BCUT2D eigenvalue weighted by Crippen LogP contribution is 2.09. The molecular weight excluding hydrogens is 162 g/mol. The van der Waals surface area contributed by atoms with Crippen LogP contribution in [-0.4, -0.2) is 18.3 Å². The number of hydrogen-bond donors (Lipinski definition) is 1. The number of rotatable bonds is 7. The molecule has 0 amide bonds. The van der Waals surface area contributed by atoms with Crippen LogP contribution in [0.2, 0.25) is 0 Å². The summed E-state index contributed by atoms with van der Waals surface area (Å²) < 4.78 is 0. The molecule has 3 nitrogen and oxygen atoms in total. The van der Waals surface area contributed by atoms with Gasteiger partial charge in [0, 0.05) is 19.5 Å². The lowest BCUT2D eigenvalue weighted by Gasteiger charge is -2.20. The molecule has 0 saturated heterocycles. The van der Waals surface area contributed by atoms with Gasteiger partial charge in [-0.05, 0) is 12.8 Å². The lowest BCUT2D eigenvalue weighted by atomic mass is 10.2. The molecule has 0 aliphatic rings. The largest absolute Gasteiger partial charge is 0.403 e. The molecule has 0 aliphatic carbocycles. The van der Waals surface area contributed by atoms with Crippen molar-refractivity contribution < 1.29 is 0 Å². The summed E-state index contributed by atoms with van der Waals surface area (Å²) in [5, 5.41) is 5.82. The van der Waals surface area contributed by atoms with E-state index in [-0.39, 0.29) is 0 Å². The van der Waals surface area contributed by atoms with Crippen LogP contribution in [0.15, 0.2) is 17.0 Å². The quantitative estimate of drug-likeness (QED) is 0.374. The van der Waals surface area contributed by atoms with Crippen LogP contribution in [0.3, 0.4) is 0 Å². The van der Waals surface area contributed by atoms with E-state index in [0.717, 1.165) is 25.1 Å². The third-order valence-electron chi connectivity index (χ3n) is 2.03. The summed E-state index contributed by atoms with van der Waals surface area (Å²) in [5.74, 6) is 0. The van der Waals surface area contributed by atoms with Gasteiger partial charge in [-0.2, -0.15) is 5.10 Å². The standard InChI is InChI=1S/C10H21N3/c1-4-6-7-8-13(12-3)10(5-2)9-11/h9H,3-8,11H2,1-2H3/b10-9-. The van der Waals surface area contributed by atoms with Crippen LogP contribution >= 0.6 is 0 Å². The Morgan fingerprint density at radius 2 is 2.15 bits per heavy atom. The van der Waals surface area contributed by atoms with Gasteiger partial charge in [0.2, 0.25) is 0 Å². The summed E-state index contributed by atoms with van der Waals surface area (Å²) in [6.45, 7) is 8.71. The molecule has 0 rings (SSSR count). The molecule has 0 saturated carbocycles. The van der Waals surface area contributed by atoms with Crippen LogP contribution in [0.4, 0.5) is 0 Å². The molecule has 0 aromatic carbocycles. The fourth-order valence-corrected chi connectivity index (χ4v) is 1.20. The fourth-order valence-electron chi connectivity index (χ4n) is 1.20. The van der Waals surface area contributed by atoms with Crippen molar-refractivity contribution in [1.82, 2.24) is 5.01 Å². The molecule has 0 spiro atoms. The Labute approximate surface area is 81.3 Å². The maximum Gasteiger partial charge on any atom is 0.0519 e. The summed E-state index contributed by atoms with van der Waals surface area (Å²) in [7, 11) is 0. The molecule has 0 unspecified atom stereocenters. The van der Waals surface area contributed by atoms with E-state index in [4.69, 9.17) is 5.73 Å². The fraction of sp³-hybridized carbons (Fsp3) is 0.700. The minimum atomic E-state index is 0.904. The molecule has 0 aromatic rings. The van der Waals surface area contributed by atoms with E-state index in [1.165, 1.54) is 12.8 Å². The first-order chi connectivity index (χ1) is 6.29. The third-order valence-corrected chi connectivity index (χ3v) is 2.03. The van der Waals surface area contributed by atoms with E-state index in [1.54, 1.807) is 6.20 Å². The van der Waals surface area contributed by atoms with E-state index in [0.29, 0.717) is 0 Å². The zero-order valence-electron chi connectivity index (χ0n) is 8.79. The van der Waals surface area contributed by atoms with Gasteiger partial charge in [-0.25, -0.2) is 0 Å². The van der Waals surface area contributed by atoms with Crippen molar-refractivity contribution >= 4 is 6.72 Å². The second-order valence-electron chi connectivity index (χ2n) is 2.98. The number of nitrogens with zero attached hydrogens (tertiary/aromatic N) is 2. The number of hydrazone groups is 1. The van der Waals surface area contributed by atoms with Gasteiger partial charge in [-0.1, -0.05) is 26.7 Å². The predicted octanol–water partition coefficient (Wildman–Crippen LogP) is 2.30. The first-order valence-corrected chi connectivity index (χ1v) is 4.95. The minimum Gasteiger partial charge on any atom is -0.403 e. The van der Waals surface area contributed by atoms with Gasteiger partial charge in [-0.3, -0.25) is 5.01 Å². The Balaban J connectivity index is 3.94. The summed E-state index contributed by atoms with van der Waals surface area (Å²) in [6.07, 6.45) is 6.11. The van der Waals surface area contributed by atoms with Gasteiger partial charge in [-0.15, -0.1) is 0 Å². The van der Waals surface area contributed by atoms with Crippen LogP contribution in [0, 0.1) is 0 Å². The van der Waals surface area contributed by atoms with Crippen molar-refractivity contribution in [3.63, 3.8) is 0 Å². The normalized spacial score (nSPS) is 11.4. The Morgan fingerprint density at radius 1 is 1.46 bits per heavy atom. The van der Waals surface area contributed by atoms with Crippen molar-refractivity contribution in [2.24, 2.45) is 10.8 Å². The molecule has 76 valence electrons. The maximum absolute atomic E-state index is 5.47. The van der Waals surface area contributed by atoms with Crippen molar-refractivity contribution in [2.45, 2.75) is 39.5 Å². The predicted molar refractivity (Wildman–Crippen MR) is 58.3 cm³/mol. The number of allylic oxidation sites excluding steroid dienone is 1. The van der Waals surface area contributed by atoms with Gasteiger partial charge in [0.15, 0.2) is 0 Å². The van der Waals surface area contributed by atoms with E-state index in [2.05, 4.69) is 25.7 Å². The molecule has 0 aromatic heterocycles. The average molecular weight is 183 g/mol. The first kappa shape index (κ1) is 12.0. The minimum absolute atomic E-state index is 0.904. The Hall–Kier alpha value is -0.990. The molecule has 0 fully saturated rings. The SMILES string of the molecule is C=NN(CCCCC)/C(=C\N)CC.